The van der Waals surface area contributed by atoms with Crippen molar-refractivity contribution in [3.63, 3.8) is 0 Å². The van der Waals surface area contributed by atoms with Gasteiger partial charge >= 0.3 is 6.61 Å². The summed E-state index contributed by atoms with van der Waals surface area (Å²) in [6.07, 6.45) is 0. The molecule has 140 valence electrons. The highest BCUT2D eigenvalue weighted by atomic mass is 32.2. The van der Waals surface area contributed by atoms with Gasteiger partial charge in [-0.2, -0.15) is 8.78 Å². The van der Waals surface area contributed by atoms with Gasteiger partial charge in [0.1, 0.15) is 0 Å². The molecule has 0 aliphatic heterocycles. The lowest BCUT2D eigenvalue weighted by atomic mass is 10.2. The first-order valence-corrected chi connectivity index (χ1v) is 8.86. The van der Waals surface area contributed by atoms with Gasteiger partial charge in [0, 0.05) is 23.9 Å². The molecule has 2 rings (SSSR count). The molecule has 6 nitrogen and oxygen atoms in total. The molecular weight excluding hydrogens is 373 g/mol. The number of halogens is 3. The van der Waals surface area contributed by atoms with E-state index in [9.17, 15) is 26.4 Å². The second-order valence-corrected chi connectivity index (χ2v) is 6.77. The quantitative estimate of drug-likeness (QED) is 0.764. The van der Waals surface area contributed by atoms with Crippen molar-refractivity contribution >= 4 is 21.6 Å². The number of carbonyl (C=O) groups excluding carboxylic acids is 1. The van der Waals surface area contributed by atoms with Crippen LogP contribution in [0.5, 0.6) is 5.75 Å². The fourth-order valence-corrected chi connectivity index (χ4v) is 3.07. The van der Waals surface area contributed by atoms with Gasteiger partial charge < -0.3 is 10.1 Å². The molecule has 0 saturated heterocycles. The first kappa shape index (κ1) is 19.7. The third-order valence-corrected chi connectivity index (χ3v) is 4.73. The summed E-state index contributed by atoms with van der Waals surface area (Å²) in [6.45, 7) is -1.31. The monoisotopic (exact) mass is 388 g/mol. The van der Waals surface area contributed by atoms with Crippen LogP contribution >= 0.6 is 0 Å². The van der Waals surface area contributed by atoms with Crippen molar-refractivity contribution in [2.45, 2.75) is 18.4 Å². The van der Waals surface area contributed by atoms with Gasteiger partial charge in [-0.3, -0.25) is 4.79 Å². The van der Waals surface area contributed by atoms with Crippen molar-refractivity contribution < 1.29 is 31.1 Å². The Balaban J connectivity index is 2.11. The number of rotatable bonds is 7. The molecule has 26 heavy (non-hydrogen) atoms. The number of anilines is 1. The Morgan fingerprint density at radius 2 is 1.81 bits per heavy atom. The topological polar surface area (TPSA) is 84.5 Å². The maximum absolute atomic E-state index is 13.6. The lowest BCUT2D eigenvalue weighted by molar-refractivity contribution is -0.0521. The van der Waals surface area contributed by atoms with Crippen molar-refractivity contribution in [2.75, 3.05) is 11.9 Å². The predicted molar refractivity (Wildman–Crippen MR) is 88.3 cm³/mol. The molecule has 0 heterocycles. The number of sulfonamides is 1. The molecule has 2 aromatic carbocycles. The Kier molecular flexibility index (Phi) is 6.22. The van der Waals surface area contributed by atoms with Crippen LogP contribution in [-0.2, 0) is 10.0 Å². The molecule has 0 atom stereocenters. The molecule has 2 N–H and O–H groups in total. The van der Waals surface area contributed by atoms with Gasteiger partial charge in [0.15, 0.2) is 11.6 Å². The van der Waals surface area contributed by atoms with Crippen LogP contribution < -0.4 is 14.8 Å². The maximum Gasteiger partial charge on any atom is 0.387 e. The van der Waals surface area contributed by atoms with Crippen LogP contribution in [-0.4, -0.2) is 27.5 Å². The summed E-state index contributed by atoms with van der Waals surface area (Å²) >= 11 is 0. The Morgan fingerprint density at radius 3 is 2.35 bits per heavy atom. The van der Waals surface area contributed by atoms with Gasteiger partial charge in [0.05, 0.1) is 4.90 Å². The fourth-order valence-electron chi connectivity index (χ4n) is 2.03. The van der Waals surface area contributed by atoms with Crippen LogP contribution in [0.2, 0.25) is 0 Å². The minimum Gasteiger partial charge on any atom is -0.432 e. The van der Waals surface area contributed by atoms with Crippen LogP contribution in [0.25, 0.3) is 0 Å². The van der Waals surface area contributed by atoms with Gasteiger partial charge in [0.25, 0.3) is 5.91 Å². The first-order valence-electron chi connectivity index (χ1n) is 7.38. The molecule has 0 bridgehead atoms. The average molecular weight is 388 g/mol. The van der Waals surface area contributed by atoms with E-state index in [1.165, 1.54) is 30.3 Å². The minimum absolute atomic E-state index is 0.00422. The van der Waals surface area contributed by atoms with E-state index >= 15 is 0 Å². The zero-order chi connectivity index (χ0) is 19.3. The molecule has 0 radical (unpaired) electrons. The molecule has 2 aromatic rings. The molecule has 0 fully saturated rings. The van der Waals surface area contributed by atoms with E-state index in [0.29, 0.717) is 0 Å². The van der Waals surface area contributed by atoms with Crippen LogP contribution in [0.3, 0.4) is 0 Å². The highest BCUT2D eigenvalue weighted by Crippen LogP contribution is 2.23. The Hall–Kier alpha value is -2.59. The molecule has 0 aliphatic carbocycles. The van der Waals surface area contributed by atoms with Crippen molar-refractivity contribution in [1.82, 2.24) is 4.72 Å². The Bertz CT molecular complexity index is 887. The normalized spacial score (nSPS) is 11.4. The van der Waals surface area contributed by atoms with Crippen LogP contribution in [0.1, 0.15) is 17.3 Å². The molecule has 0 aromatic heterocycles. The summed E-state index contributed by atoms with van der Waals surface area (Å²) in [5.41, 5.74) is 0.159. The number of ether oxygens (including phenoxy) is 1. The van der Waals surface area contributed by atoms with Crippen LogP contribution in [0, 0.1) is 5.82 Å². The maximum atomic E-state index is 13.6. The second kappa shape index (κ2) is 8.19. The fraction of sp³-hybridized carbons (Fsp3) is 0.188. The van der Waals surface area contributed by atoms with Gasteiger partial charge in [-0.25, -0.2) is 17.5 Å². The zero-order valence-corrected chi connectivity index (χ0v) is 14.3. The number of nitrogens with one attached hydrogen (secondary N) is 2. The van der Waals surface area contributed by atoms with Gasteiger partial charge in [-0.1, -0.05) is 6.92 Å². The van der Waals surface area contributed by atoms with Gasteiger partial charge in [-0.05, 0) is 36.4 Å². The highest BCUT2D eigenvalue weighted by molar-refractivity contribution is 7.89. The number of hydrogen-bond donors (Lipinski definition) is 2. The molecular formula is C16H15F3N2O4S. The largest absolute Gasteiger partial charge is 0.432 e. The smallest absolute Gasteiger partial charge is 0.387 e. The highest BCUT2D eigenvalue weighted by Gasteiger charge is 2.15. The number of carbonyl (C=O) groups is 1. The van der Waals surface area contributed by atoms with Crippen LogP contribution in [0.4, 0.5) is 18.9 Å². The zero-order valence-electron chi connectivity index (χ0n) is 13.5. The molecule has 0 aliphatic rings. The average Bonchev–Trinajstić information content (AvgIpc) is 2.57. The number of amides is 1. The van der Waals surface area contributed by atoms with E-state index in [-0.39, 0.29) is 22.7 Å². The van der Waals surface area contributed by atoms with Crippen molar-refractivity contribution in [3.8, 4) is 5.75 Å². The first-order chi connectivity index (χ1) is 12.2. The molecule has 0 spiro atoms. The van der Waals surface area contributed by atoms with E-state index in [4.69, 9.17) is 0 Å². The van der Waals surface area contributed by atoms with Gasteiger partial charge in [-0.15, -0.1) is 0 Å². The molecule has 0 unspecified atom stereocenters. The lowest BCUT2D eigenvalue weighted by Gasteiger charge is -2.09. The van der Waals surface area contributed by atoms with E-state index in [1.54, 1.807) is 6.92 Å². The number of benzene rings is 2. The number of hydrogen-bond acceptors (Lipinski definition) is 4. The van der Waals surface area contributed by atoms with E-state index in [0.717, 1.165) is 12.1 Å². The van der Waals surface area contributed by atoms with Crippen molar-refractivity contribution in [1.29, 1.82) is 0 Å². The summed E-state index contributed by atoms with van der Waals surface area (Å²) in [6, 6.07) is 8.10. The number of alkyl halides is 2. The van der Waals surface area contributed by atoms with Crippen LogP contribution in [0.15, 0.2) is 47.4 Å². The summed E-state index contributed by atoms with van der Waals surface area (Å²) in [5.74, 6) is -2.33. The Labute approximate surface area is 148 Å². The third kappa shape index (κ3) is 4.96. The standard InChI is InChI=1S/C16H15F3N2O4S/c1-2-20-26(23,24)12-6-3-10(4-7-12)15(22)21-11-5-8-14(13(17)9-11)25-16(18)19/h3-9,16,20H,2H2,1H3,(H,21,22). The van der Waals surface area contributed by atoms with E-state index in [1.807, 2.05) is 0 Å². The summed E-state index contributed by atoms with van der Waals surface area (Å²) in [4.78, 5) is 12.1. The third-order valence-electron chi connectivity index (χ3n) is 3.17. The molecule has 10 heteroatoms. The van der Waals surface area contributed by atoms with E-state index < -0.39 is 34.1 Å². The predicted octanol–water partition coefficient (Wildman–Crippen LogP) is 2.98. The summed E-state index contributed by atoms with van der Waals surface area (Å²) in [5, 5.41) is 2.38. The van der Waals surface area contributed by atoms with Crippen molar-refractivity contribution in [2.24, 2.45) is 0 Å². The van der Waals surface area contributed by atoms with E-state index in [2.05, 4.69) is 14.8 Å². The minimum atomic E-state index is -3.64. The second-order valence-electron chi connectivity index (χ2n) is 5.00. The summed E-state index contributed by atoms with van der Waals surface area (Å²) in [7, 11) is -3.64. The van der Waals surface area contributed by atoms with Crippen molar-refractivity contribution in [3.05, 3.63) is 53.8 Å². The SMILES string of the molecule is CCNS(=O)(=O)c1ccc(C(=O)Nc2ccc(OC(F)F)c(F)c2)cc1. The van der Waals surface area contributed by atoms with Gasteiger partial charge in [0.2, 0.25) is 10.0 Å². The molecule has 1 amide bonds. The summed E-state index contributed by atoms with van der Waals surface area (Å²) < 4.78 is 67.8. The lowest BCUT2D eigenvalue weighted by Crippen LogP contribution is -2.23. The molecule has 0 saturated carbocycles. The Morgan fingerprint density at radius 1 is 1.15 bits per heavy atom.